The average molecular weight is 411 g/mol. The maximum absolute atomic E-state index is 12.7. The Kier molecular flexibility index (Phi) is 5.37. The Labute approximate surface area is 167 Å². The van der Waals surface area contributed by atoms with Gasteiger partial charge in [-0.3, -0.25) is 9.59 Å². The zero-order valence-corrected chi connectivity index (χ0v) is 16.4. The van der Waals surface area contributed by atoms with Gasteiger partial charge < -0.3 is 5.73 Å². The lowest BCUT2D eigenvalue weighted by Crippen LogP contribution is -2.35. The first-order chi connectivity index (χ1) is 13.7. The van der Waals surface area contributed by atoms with Gasteiger partial charge in [-0.1, -0.05) is 18.2 Å². The molecule has 0 atom stereocenters. The lowest BCUT2D eigenvalue weighted by molar-refractivity contribution is -0.124. The predicted octanol–water partition coefficient (Wildman–Crippen LogP) is 1.85. The molecule has 148 valence electrons. The number of aromatic nitrogens is 3. The summed E-state index contributed by atoms with van der Waals surface area (Å²) in [5, 5.41) is 0. The number of amides is 2. The molecule has 0 fully saturated rings. The lowest BCUT2D eigenvalue weighted by Gasteiger charge is -2.15. The molecule has 10 heteroatoms. The number of anilines is 2. The fraction of sp³-hybridized carbons (Fsp3) is 0.105. The van der Waals surface area contributed by atoms with Crippen molar-refractivity contribution < 1.29 is 18.0 Å². The minimum atomic E-state index is -3.67. The Morgan fingerprint density at radius 3 is 1.93 bits per heavy atom. The second-order valence-electron chi connectivity index (χ2n) is 6.03. The van der Waals surface area contributed by atoms with Crippen molar-refractivity contribution in [3.63, 3.8) is 0 Å². The van der Waals surface area contributed by atoms with Gasteiger partial charge in [0, 0.05) is 19.4 Å². The van der Waals surface area contributed by atoms with Crippen LogP contribution in [-0.2, 0) is 19.4 Å². The van der Waals surface area contributed by atoms with Gasteiger partial charge in [0.2, 0.25) is 33.5 Å². The molecule has 0 aliphatic rings. The topological polar surface area (TPSA) is 136 Å². The highest BCUT2D eigenvalue weighted by Gasteiger charge is 2.22. The molecule has 2 N–H and O–H groups in total. The average Bonchev–Trinajstić information content (AvgIpc) is 2.68. The van der Waals surface area contributed by atoms with Crippen LogP contribution in [0.1, 0.15) is 13.8 Å². The number of benzene rings is 2. The van der Waals surface area contributed by atoms with Crippen LogP contribution in [-0.4, -0.2) is 35.2 Å². The second-order valence-corrected chi connectivity index (χ2v) is 7.98. The summed E-state index contributed by atoms with van der Waals surface area (Å²) in [5.41, 5.74) is 6.15. The van der Waals surface area contributed by atoms with Crippen molar-refractivity contribution in [2.75, 3.05) is 10.6 Å². The Morgan fingerprint density at radius 2 is 1.38 bits per heavy atom. The maximum Gasteiger partial charge on any atom is 0.244 e. The summed E-state index contributed by atoms with van der Waals surface area (Å²) in [6.07, 6.45) is 0. The standard InChI is InChI=1S/C19H17N5O4S/c1-12(25)24(13(2)26)19-22-17(21-18(20)23-19)14-8-10-16(11-9-14)29(27,28)15-6-4-3-5-7-15/h3-11H,1-2H3,(H2,20,21,22,23). The number of rotatable bonds is 4. The minimum Gasteiger partial charge on any atom is -0.368 e. The third-order valence-electron chi connectivity index (χ3n) is 3.95. The first-order valence-electron chi connectivity index (χ1n) is 8.43. The molecular formula is C19H17N5O4S. The van der Waals surface area contributed by atoms with E-state index in [-0.39, 0.29) is 27.5 Å². The molecule has 0 aliphatic carbocycles. The van der Waals surface area contributed by atoms with Gasteiger partial charge in [-0.05, 0) is 36.4 Å². The third-order valence-corrected chi connectivity index (χ3v) is 5.73. The monoisotopic (exact) mass is 411 g/mol. The van der Waals surface area contributed by atoms with E-state index < -0.39 is 21.7 Å². The van der Waals surface area contributed by atoms with Gasteiger partial charge in [-0.2, -0.15) is 15.0 Å². The van der Waals surface area contributed by atoms with Gasteiger partial charge in [0.15, 0.2) is 5.82 Å². The van der Waals surface area contributed by atoms with Crippen LogP contribution in [0.3, 0.4) is 0 Å². The number of hydrogen-bond acceptors (Lipinski definition) is 8. The summed E-state index contributed by atoms with van der Waals surface area (Å²) in [5.74, 6) is -1.42. The molecule has 0 bridgehead atoms. The fourth-order valence-electron chi connectivity index (χ4n) is 2.63. The molecule has 29 heavy (non-hydrogen) atoms. The van der Waals surface area contributed by atoms with Gasteiger partial charge >= 0.3 is 0 Å². The second kappa shape index (κ2) is 7.76. The first-order valence-corrected chi connectivity index (χ1v) is 9.92. The van der Waals surface area contributed by atoms with E-state index in [2.05, 4.69) is 15.0 Å². The van der Waals surface area contributed by atoms with Gasteiger partial charge in [-0.15, -0.1) is 0 Å². The number of nitrogens with zero attached hydrogens (tertiary/aromatic N) is 4. The molecule has 0 unspecified atom stereocenters. The summed E-state index contributed by atoms with van der Waals surface area (Å²) >= 11 is 0. The molecule has 0 aliphatic heterocycles. The van der Waals surface area contributed by atoms with Crippen molar-refractivity contribution in [3.8, 4) is 11.4 Å². The van der Waals surface area contributed by atoms with E-state index in [0.29, 0.717) is 5.56 Å². The zero-order chi connectivity index (χ0) is 21.2. The van der Waals surface area contributed by atoms with Crippen LogP contribution >= 0.6 is 0 Å². The number of carbonyl (C=O) groups is 2. The number of carbonyl (C=O) groups excluding carboxylic acids is 2. The number of hydrogen-bond donors (Lipinski definition) is 1. The molecule has 2 amide bonds. The molecule has 0 radical (unpaired) electrons. The van der Waals surface area contributed by atoms with Crippen molar-refractivity contribution >= 4 is 33.5 Å². The highest BCUT2D eigenvalue weighted by molar-refractivity contribution is 7.91. The van der Waals surface area contributed by atoms with E-state index in [1.54, 1.807) is 18.2 Å². The normalized spacial score (nSPS) is 11.1. The zero-order valence-electron chi connectivity index (χ0n) is 15.6. The number of imide groups is 1. The molecular weight excluding hydrogens is 394 g/mol. The Bertz CT molecular complexity index is 1160. The minimum absolute atomic E-state index is 0.101. The summed E-state index contributed by atoms with van der Waals surface area (Å²) in [6, 6.07) is 13.9. The smallest absolute Gasteiger partial charge is 0.244 e. The molecule has 1 heterocycles. The van der Waals surface area contributed by atoms with Crippen LogP contribution in [0, 0.1) is 0 Å². The van der Waals surface area contributed by atoms with E-state index in [4.69, 9.17) is 5.73 Å². The molecule has 0 saturated carbocycles. The van der Waals surface area contributed by atoms with Crippen LogP contribution in [0.25, 0.3) is 11.4 Å². The van der Waals surface area contributed by atoms with Crippen LogP contribution < -0.4 is 10.6 Å². The summed E-state index contributed by atoms with van der Waals surface area (Å²) < 4.78 is 25.4. The number of sulfone groups is 1. The van der Waals surface area contributed by atoms with Crippen molar-refractivity contribution in [1.29, 1.82) is 0 Å². The van der Waals surface area contributed by atoms with Gasteiger partial charge in [0.1, 0.15) is 0 Å². The van der Waals surface area contributed by atoms with Crippen molar-refractivity contribution in [1.82, 2.24) is 15.0 Å². The first kappa shape index (κ1) is 20.1. The summed E-state index contributed by atoms with van der Waals surface area (Å²) in [7, 11) is -3.67. The quantitative estimate of drug-likeness (QED) is 0.687. The molecule has 3 rings (SSSR count). The van der Waals surface area contributed by atoms with E-state index in [1.165, 1.54) is 50.2 Å². The van der Waals surface area contributed by atoms with Crippen LogP contribution in [0.5, 0.6) is 0 Å². The number of nitrogen functional groups attached to an aromatic ring is 1. The SMILES string of the molecule is CC(=O)N(C(C)=O)c1nc(N)nc(-c2ccc(S(=O)(=O)c3ccccc3)cc2)n1. The Hall–Kier alpha value is -3.66. The van der Waals surface area contributed by atoms with Crippen molar-refractivity contribution in [3.05, 3.63) is 54.6 Å². The van der Waals surface area contributed by atoms with Crippen LogP contribution in [0.15, 0.2) is 64.4 Å². The predicted molar refractivity (Wildman–Crippen MR) is 105 cm³/mol. The molecule has 9 nitrogen and oxygen atoms in total. The highest BCUT2D eigenvalue weighted by atomic mass is 32.2. The van der Waals surface area contributed by atoms with Crippen molar-refractivity contribution in [2.24, 2.45) is 0 Å². The molecule has 3 aromatic rings. The summed E-state index contributed by atoms with van der Waals surface area (Å²) in [6.45, 7) is 2.40. The molecule has 0 spiro atoms. The largest absolute Gasteiger partial charge is 0.368 e. The van der Waals surface area contributed by atoms with Crippen LogP contribution in [0.4, 0.5) is 11.9 Å². The van der Waals surface area contributed by atoms with Crippen LogP contribution in [0.2, 0.25) is 0 Å². The number of nitrogens with two attached hydrogens (primary N) is 1. The van der Waals surface area contributed by atoms with E-state index in [0.717, 1.165) is 4.90 Å². The van der Waals surface area contributed by atoms with Gasteiger partial charge in [0.25, 0.3) is 0 Å². The Balaban J connectivity index is 2.01. The molecule has 1 aromatic heterocycles. The lowest BCUT2D eigenvalue weighted by atomic mass is 10.2. The fourth-order valence-corrected chi connectivity index (χ4v) is 3.91. The third kappa shape index (κ3) is 4.11. The van der Waals surface area contributed by atoms with Gasteiger partial charge in [-0.25, -0.2) is 13.3 Å². The van der Waals surface area contributed by atoms with Gasteiger partial charge in [0.05, 0.1) is 9.79 Å². The van der Waals surface area contributed by atoms with E-state index >= 15 is 0 Å². The maximum atomic E-state index is 12.7. The van der Waals surface area contributed by atoms with Crippen molar-refractivity contribution in [2.45, 2.75) is 23.6 Å². The van der Waals surface area contributed by atoms with E-state index in [9.17, 15) is 18.0 Å². The summed E-state index contributed by atoms with van der Waals surface area (Å²) in [4.78, 5) is 36.5. The van der Waals surface area contributed by atoms with E-state index in [1.807, 2.05) is 0 Å². The molecule has 2 aromatic carbocycles. The highest BCUT2D eigenvalue weighted by Crippen LogP contribution is 2.24. The Morgan fingerprint density at radius 1 is 0.828 bits per heavy atom. The molecule has 0 saturated heterocycles.